The first kappa shape index (κ1) is 7.82. The summed E-state index contributed by atoms with van der Waals surface area (Å²) < 4.78 is 10.5. The Morgan fingerprint density at radius 1 is 1.33 bits per heavy atom. The molecule has 0 aromatic rings. The van der Waals surface area contributed by atoms with Crippen molar-refractivity contribution in [3.05, 3.63) is 10.4 Å². The van der Waals surface area contributed by atoms with Gasteiger partial charge in [-0.05, 0) is 5.53 Å². The van der Waals surface area contributed by atoms with E-state index in [1.807, 2.05) is 0 Å². The highest BCUT2D eigenvalue weighted by atomic mass is 16.7. The van der Waals surface area contributed by atoms with Gasteiger partial charge in [-0.2, -0.15) is 0 Å². The van der Waals surface area contributed by atoms with E-state index in [1.54, 1.807) is 0 Å². The number of epoxide rings is 1. The number of rotatable bonds is 3. The van der Waals surface area contributed by atoms with Gasteiger partial charge in [-0.1, -0.05) is 5.11 Å². The predicted molar refractivity (Wildman–Crippen MR) is 38.4 cm³/mol. The van der Waals surface area contributed by atoms with Gasteiger partial charge in [0.1, 0.15) is 18.3 Å². The Labute approximate surface area is 68.7 Å². The molecule has 0 radical (unpaired) electrons. The Balaban J connectivity index is 1.90. The van der Waals surface area contributed by atoms with Crippen LogP contribution >= 0.6 is 0 Å². The Bertz CT molecular complexity index is 228. The molecule has 12 heavy (non-hydrogen) atoms. The molecular formula is C6H9N3O3. The smallest absolute Gasteiger partial charge is 0.115 e. The number of aliphatic hydroxyl groups excluding tert-OH is 1. The van der Waals surface area contributed by atoms with Gasteiger partial charge in [0, 0.05) is 4.91 Å². The molecule has 2 aliphatic rings. The van der Waals surface area contributed by atoms with Crippen LogP contribution in [0.3, 0.4) is 0 Å². The first-order valence-electron chi connectivity index (χ1n) is 3.79. The molecule has 0 aromatic heterocycles. The van der Waals surface area contributed by atoms with Crippen LogP contribution in [0.1, 0.15) is 0 Å². The largest absolute Gasteiger partial charge is 0.394 e. The molecule has 2 heterocycles. The second-order valence-electron chi connectivity index (χ2n) is 2.87. The first-order valence-corrected chi connectivity index (χ1v) is 3.79. The number of aliphatic hydroxyl groups is 1. The lowest BCUT2D eigenvalue weighted by molar-refractivity contribution is -0.0475. The zero-order chi connectivity index (χ0) is 8.55. The summed E-state index contributed by atoms with van der Waals surface area (Å²) in [5, 5.41) is 12.2. The van der Waals surface area contributed by atoms with Crippen molar-refractivity contribution in [3.63, 3.8) is 0 Å². The van der Waals surface area contributed by atoms with E-state index in [0.717, 1.165) is 0 Å². The molecule has 2 fully saturated rings. The van der Waals surface area contributed by atoms with E-state index in [1.165, 1.54) is 0 Å². The fourth-order valence-electron chi connectivity index (χ4n) is 1.52. The molecule has 0 saturated carbocycles. The SMILES string of the molecule is [N-]=[N+]=NC[C@H]1O[C@H](CO)[C@@H]2O[C@@H]21. The van der Waals surface area contributed by atoms with Crippen LogP contribution in [-0.2, 0) is 9.47 Å². The summed E-state index contributed by atoms with van der Waals surface area (Å²) in [6.45, 7) is 0.252. The van der Waals surface area contributed by atoms with Gasteiger partial charge < -0.3 is 14.6 Å². The standard InChI is InChI=1S/C6H9N3O3/c7-9-8-1-3-5-6(12-5)4(2-10)11-3/h3-6,10H,1-2H2/t3-,4-,5-,6+/m1/s1. The Morgan fingerprint density at radius 3 is 2.67 bits per heavy atom. The van der Waals surface area contributed by atoms with Gasteiger partial charge in [-0.3, -0.25) is 0 Å². The van der Waals surface area contributed by atoms with Gasteiger partial charge in [0.25, 0.3) is 0 Å². The number of hydrogen-bond acceptors (Lipinski definition) is 4. The number of hydrogen-bond donors (Lipinski definition) is 1. The zero-order valence-electron chi connectivity index (χ0n) is 6.33. The lowest BCUT2D eigenvalue weighted by atomic mass is 10.2. The van der Waals surface area contributed by atoms with E-state index in [4.69, 9.17) is 20.1 Å². The van der Waals surface area contributed by atoms with E-state index in [0.29, 0.717) is 0 Å². The summed E-state index contributed by atoms with van der Waals surface area (Å²) in [6, 6.07) is 0. The van der Waals surface area contributed by atoms with Crippen LogP contribution < -0.4 is 0 Å². The maximum Gasteiger partial charge on any atom is 0.115 e. The molecule has 2 aliphatic heterocycles. The maximum atomic E-state index is 8.80. The number of azide groups is 1. The van der Waals surface area contributed by atoms with Crippen molar-refractivity contribution >= 4 is 0 Å². The van der Waals surface area contributed by atoms with Crippen LogP contribution in [0.2, 0.25) is 0 Å². The molecule has 0 spiro atoms. The molecule has 6 heteroatoms. The number of nitrogens with zero attached hydrogens (tertiary/aromatic N) is 3. The Morgan fingerprint density at radius 2 is 2.08 bits per heavy atom. The second kappa shape index (κ2) is 2.91. The zero-order valence-corrected chi connectivity index (χ0v) is 6.33. The van der Waals surface area contributed by atoms with Gasteiger partial charge in [0.2, 0.25) is 0 Å². The van der Waals surface area contributed by atoms with Crippen molar-refractivity contribution in [3.8, 4) is 0 Å². The molecule has 0 bridgehead atoms. The second-order valence-corrected chi connectivity index (χ2v) is 2.87. The van der Waals surface area contributed by atoms with Crippen molar-refractivity contribution in [2.45, 2.75) is 24.4 Å². The van der Waals surface area contributed by atoms with Gasteiger partial charge in [-0.25, -0.2) is 0 Å². The van der Waals surface area contributed by atoms with E-state index >= 15 is 0 Å². The first-order chi connectivity index (χ1) is 5.86. The third-order valence-corrected chi connectivity index (χ3v) is 2.15. The molecule has 1 N–H and O–H groups in total. The molecule has 0 unspecified atom stereocenters. The summed E-state index contributed by atoms with van der Waals surface area (Å²) in [5.74, 6) is 0. The minimum atomic E-state index is -0.228. The van der Waals surface area contributed by atoms with Gasteiger partial charge >= 0.3 is 0 Å². The topological polar surface area (TPSA) is 90.8 Å². The highest BCUT2D eigenvalue weighted by Crippen LogP contribution is 2.39. The summed E-state index contributed by atoms with van der Waals surface area (Å²) in [7, 11) is 0. The third-order valence-electron chi connectivity index (χ3n) is 2.15. The van der Waals surface area contributed by atoms with Crippen molar-refractivity contribution in [1.82, 2.24) is 0 Å². The number of ether oxygens (including phenoxy) is 2. The fourth-order valence-corrected chi connectivity index (χ4v) is 1.52. The monoisotopic (exact) mass is 171 g/mol. The van der Waals surface area contributed by atoms with Crippen LogP contribution in [0, 0.1) is 0 Å². The lowest BCUT2D eigenvalue weighted by Gasteiger charge is -2.13. The third kappa shape index (κ3) is 1.15. The lowest BCUT2D eigenvalue weighted by Crippen LogP contribution is -2.24. The van der Waals surface area contributed by atoms with Crippen LogP contribution in [-0.4, -0.2) is 42.7 Å². The van der Waals surface area contributed by atoms with Crippen LogP contribution in [0.25, 0.3) is 10.4 Å². The van der Waals surface area contributed by atoms with Crippen molar-refractivity contribution < 1.29 is 14.6 Å². The quantitative estimate of drug-likeness (QED) is 0.276. The molecule has 2 rings (SSSR count). The molecule has 2 saturated heterocycles. The molecule has 0 aliphatic carbocycles. The molecule has 66 valence electrons. The van der Waals surface area contributed by atoms with E-state index in [-0.39, 0.29) is 37.6 Å². The Hall–Kier alpha value is -0.810. The summed E-state index contributed by atoms with van der Waals surface area (Å²) in [5.41, 5.74) is 8.06. The van der Waals surface area contributed by atoms with Crippen molar-refractivity contribution in [1.29, 1.82) is 0 Å². The average Bonchev–Trinajstić information content (AvgIpc) is 2.80. The van der Waals surface area contributed by atoms with Crippen molar-refractivity contribution in [2.75, 3.05) is 13.2 Å². The number of fused-ring (bicyclic) bond motifs is 1. The molecule has 0 amide bonds. The normalized spacial score (nSPS) is 43.4. The van der Waals surface area contributed by atoms with Crippen LogP contribution in [0.15, 0.2) is 5.11 Å². The molecular weight excluding hydrogens is 162 g/mol. The highest BCUT2D eigenvalue weighted by molar-refractivity contribution is 5.03. The molecule has 6 nitrogen and oxygen atoms in total. The highest BCUT2D eigenvalue weighted by Gasteiger charge is 2.57. The van der Waals surface area contributed by atoms with Gasteiger partial charge in [0.05, 0.1) is 19.3 Å². The molecule has 0 aromatic carbocycles. The fraction of sp³-hybridized carbons (Fsp3) is 1.00. The van der Waals surface area contributed by atoms with E-state index < -0.39 is 0 Å². The minimum absolute atomic E-state index is 0.0221. The summed E-state index contributed by atoms with van der Waals surface area (Å²) in [6.07, 6.45) is -0.335. The summed E-state index contributed by atoms with van der Waals surface area (Å²) in [4.78, 5) is 2.63. The van der Waals surface area contributed by atoms with Gasteiger partial charge in [-0.15, -0.1) is 0 Å². The van der Waals surface area contributed by atoms with E-state index in [2.05, 4.69) is 10.0 Å². The van der Waals surface area contributed by atoms with Crippen LogP contribution in [0.5, 0.6) is 0 Å². The maximum absolute atomic E-state index is 8.80. The van der Waals surface area contributed by atoms with Crippen molar-refractivity contribution in [2.24, 2.45) is 5.11 Å². The van der Waals surface area contributed by atoms with Gasteiger partial charge in [0.15, 0.2) is 0 Å². The average molecular weight is 171 g/mol. The summed E-state index contributed by atoms with van der Waals surface area (Å²) >= 11 is 0. The Kier molecular flexibility index (Phi) is 1.90. The van der Waals surface area contributed by atoms with E-state index in [9.17, 15) is 0 Å². The minimum Gasteiger partial charge on any atom is -0.394 e. The molecule has 4 atom stereocenters. The van der Waals surface area contributed by atoms with Crippen LogP contribution in [0.4, 0.5) is 0 Å². The predicted octanol–water partition coefficient (Wildman–Crippen LogP) is -0.176.